The topological polar surface area (TPSA) is 21.3 Å². The number of methoxy groups -OCH3 is 1. The fourth-order valence-electron chi connectivity index (χ4n) is 2.22. The number of nitrogens with one attached hydrogen (secondary N) is 1. The number of hydrogen-bond acceptors (Lipinski definition) is 2. The quantitative estimate of drug-likeness (QED) is 0.781. The van der Waals surface area contributed by atoms with Gasteiger partial charge in [-0.25, -0.2) is 0 Å². The molecule has 1 saturated carbocycles. The molecule has 1 aromatic carbocycles. The molecule has 2 rings (SSSR count). The van der Waals surface area contributed by atoms with E-state index in [1.54, 1.807) is 7.11 Å². The first-order valence-electron chi connectivity index (χ1n) is 6.26. The Bertz CT molecular complexity index is 352. The maximum Gasteiger partial charge on any atom is 0.0587 e. The molecule has 0 bridgehead atoms. The van der Waals surface area contributed by atoms with E-state index in [0.29, 0.717) is 5.92 Å². The Morgan fingerprint density at radius 2 is 2.29 bits per heavy atom. The highest BCUT2D eigenvalue weighted by molar-refractivity contribution is 9.10. The molecule has 0 saturated heterocycles. The summed E-state index contributed by atoms with van der Waals surface area (Å²) in [6.07, 6.45) is 2.76. The Hall–Kier alpha value is -0.380. The Kier molecular flexibility index (Phi) is 5.01. The molecule has 0 aromatic heterocycles. The second-order valence-corrected chi connectivity index (χ2v) is 5.61. The minimum atomic E-state index is 0.657. The highest BCUT2D eigenvalue weighted by Crippen LogP contribution is 2.42. The molecule has 0 amide bonds. The first kappa shape index (κ1) is 13.1. The Morgan fingerprint density at radius 1 is 1.47 bits per heavy atom. The van der Waals surface area contributed by atoms with Gasteiger partial charge in [-0.2, -0.15) is 0 Å². The van der Waals surface area contributed by atoms with Gasteiger partial charge in [0, 0.05) is 24.7 Å². The molecule has 1 atom stereocenters. The van der Waals surface area contributed by atoms with Crippen LogP contribution in [0.1, 0.15) is 24.3 Å². The summed E-state index contributed by atoms with van der Waals surface area (Å²) in [4.78, 5) is 0. The summed E-state index contributed by atoms with van der Waals surface area (Å²) < 4.78 is 6.23. The zero-order chi connectivity index (χ0) is 12.1. The number of halogens is 1. The predicted molar refractivity (Wildman–Crippen MR) is 74.4 cm³/mol. The first-order valence-corrected chi connectivity index (χ1v) is 7.05. The van der Waals surface area contributed by atoms with Crippen LogP contribution >= 0.6 is 15.9 Å². The molecule has 0 radical (unpaired) electrons. The highest BCUT2D eigenvalue weighted by Gasteiger charge is 2.31. The van der Waals surface area contributed by atoms with Gasteiger partial charge in [-0.15, -0.1) is 0 Å². The molecule has 1 aromatic rings. The summed E-state index contributed by atoms with van der Waals surface area (Å²) >= 11 is 3.55. The highest BCUT2D eigenvalue weighted by atomic mass is 79.9. The second kappa shape index (κ2) is 6.53. The van der Waals surface area contributed by atoms with Crippen molar-refractivity contribution in [2.75, 3.05) is 26.8 Å². The molecular weight excluding hydrogens is 278 g/mol. The lowest BCUT2D eigenvalue weighted by atomic mass is 9.94. The summed E-state index contributed by atoms with van der Waals surface area (Å²) in [5.74, 6) is 1.53. The molecule has 2 nitrogen and oxygen atoms in total. The third-order valence-electron chi connectivity index (χ3n) is 3.32. The number of rotatable bonds is 7. The van der Waals surface area contributed by atoms with Gasteiger partial charge in [-0.3, -0.25) is 0 Å². The molecule has 1 aliphatic rings. The van der Waals surface area contributed by atoms with E-state index in [9.17, 15) is 0 Å². The van der Waals surface area contributed by atoms with Crippen LogP contribution < -0.4 is 5.32 Å². The zero-order valence-electron chi connectivity index (χ0n) is 10.3. The monoisotopic (exact) mass is 297 g/mol. The van der Waals surface area contributed by atoms with Crippen LogP contribution in [0.5, 0.6) is 0 Å². The average Bonchev–Trinajstić information content (AvgIpc) is 3.13. The predicted octanol–water partition coefficient (Wildman–Crippen LogP) is 3.18. The summed E-state index contributed by atoms with van der Waals surface area (Å²) in [5.41, 5.74) is 1.45. The van der Waals surface area contributed by atoms with Gasteiger partial charge in [0.2, 0.25) is 0 Å². The molecule has 17 heavy (non-hydrogen) atoms. The molecule has 0 heterocycles. The van der Waals surface area contributed by atoms with Gasteiger partial charge in [0.05, 0.1) is 6.61 Å². The Labute approximate surface area is 112 Å². The van der Waals surface area contributed by atoms with E-state index < -0.39 is 0 Å². The lowest BCUT2D eigenvalue weighted by molar-refractivity contribution is 0.198. The van der Waals surface area contributed by atoms with Crippen molar-refractivity contribution in [1.82, 2.24) is 5.32 Å². The standard InChI is InChI=1S/C14H20BrNO/c1-17-8-7-16-10-14(11-5-6-11)12-3-2-4-13(15)9-12/h2-4,9,11,14,16H,5-8,10H2,1H3. The average molecular weight is 298 g/mol. The number of benzene rings is 1. The van der Waals surface area contributed by atoms with Gasteiger partial charge < -0.3 is 10.1 Å². The van der Waals surface area contributed by atoms with Crippen LogP contribution in [0.4, 0.5) is 0 Å². The number of hydrogen-bond donors (Lipinski definition) is 1. The van der Waals surface area contributed by atoms with E-state index in [4.69, 9.17) is 4.74 Å². The fourth-order valence-corrected chi connectivity index (χ4v) is 2.64. The van der Waals surface area contributed by atoms with Crippen LogP contribution in [0.15, 0.2) is 28.7 Å². The van der Waals surface area contributed by atoms with Crippen molar-refractivity contribution >= 4 is 15.9 Å². The maximum atomic E-state index is 5.05. The van der Waals surface area contributed by atoms with Crippen LogP contribution in [0.25, 0.3) is 0 Å². The van der Waals surface area contributed by atoms with Crippen LogP contribution in [0.2, 0.25) is 0 Å². The van der Waals surface area contributed by atoms with E-state index in [1.165, 1.54) is 22.9 Å². The van der Waals surface area contributed by atoms with Crippen molar-refractivity contribution in [3.05, 3.63) is 34.3 Å². The third-order valence-corrected chi connectivity index (χ3v) is 3.81. The van der Waals surface area contributed by atoms with E-state index in [1.807, 2.05) is 0 Å². The molecule has 1 unspecified atom stereocenters. The van der Waals surface area contributed by atoms with Gasteiger partial charge in [-0.05, 0) is 42.4 Å². The van der Waals surface area contributed by atoms with Crippen LogP contribution in [0, 0.1) is 5.92 Å². The second-order valence-electron chi connectivity index (χ2n) is 4.70. The minimum absolute atomic E-state index is 0.657. The van der Waals surface area contributed by atoms with Crippen molar-refractivity contribution in [3.63, 3.8) is 0 Å². The summed E-state index contributed by atoms with van der Waals surface area (Å²) in [7, 11) is 1.74. The first-order chi connectivity index (χ1) is 8.31. The van der Waals surface area contributed by atoms with Crippen molar-refractivity contribution in [1.29, 1.82) is 0 Å². The molecule has 1 aliphatic carbocycles. The smallest absolute Gasteiger partial charge is 0.0587 e. The normalized spacial score (nSPS) is 17.1. The van der Waals surface area contributed by atoms with Gasteiger partial charge in [0.15, 0.2) is 0 Å². The molecular formula is C14H20BrNO. The number of ether oxygens (including phenoxy) is 1. The van der Waals surface area contributed by atoms with Crippen LogP contribution in [-0.4, -0.2) is 26.8 Å². The van der Waals surface area contributed by atoms with Crippen molar-refractivity contribution in [2.24, 2.45) is 5.92 Å². The van der Waals surface area contributed by atoms with Gasteiger partial charge in [0.1, 0.15) is 0 Å². The van der Waals surface area contributed by atoms with E-state index >= 15 is 0 Å². The summed E-state index contributed by atoms with van der Waals surface area (Å²) in [6, 6.07) is 8.71. The Morgan fingerprint density at radius 3 is 2.94 bits per heavy atom. The van der Waals surface area contributed by atoms with Gasteiger partial charge in [0.25, 0.3) is 0 Å². The molecule has 1 fully saturated rings. The Balaban J connectivity index is 1.92. The lowest BCUT2D eigenvalue weighted by Crippen LogP contribution is -2.26. The van der Waals surface area contributed by atoms with Gasteiger partial charge >= 0.3 is 0 Å². The third kappa shape index (κ3) is 4.09. The molecule has 3 heteroatoms. The van der Waals surface area contributed by atoms with E-state index in [-0.39, 0.29) is 0 Å². The maximum absolute atomic E-state index is 5.05. The molecule has 1 N–H and O–H groups in total. The van der Waals surface area contributed by atoms with Crippen LogP contribution in [0.3, 0.4) is 0 Å². The lowest BCUT2D eigenvalue weighted by Gasteiger charge is -2.17. The minimum Gasteiger partial charge on any atom is -0.383 e. The van der Waals surface area contributed by atoms with Crippen molar-refractivity contribution < 1.29 is 4.74 Å². The largest absolute Gasteiger partial charge is 0.383 e. The SMILES string of the molecule is COCCNCC(c1cccc(Br)c1)C1CC1. The van der Waals surface area contributed by atoms with E-state index in [2.05, 4.69) is 45.5 Å². The molecule has 94 valence electrons. The van der Waals surface area contributed by atoms with Gasteiger partial charge in [-0.1, -0.05) is 28.1 Å². The van der Waals surface area contributed by atoms with Crippen molar-refractivity contribution in [3.8, 4) is 0 Å². The summed E-state index contributed by atoms with van der Waals surface area (Å²) in [5, 5.41) is 3.49. The summed E-state index contributed by atoms with van der Waals surface area (Å²) in [6.45, 7) is 2.79. The van der Waals surface area contributed by atoms with E-state index in [0.717, 1.165) is 25.6 Å². The van der Waals surface area contributed by atoms with Crippen LogP contribution in [-0.2, 0) is 4.74 Å². The van der Waals surface area contributed by atoms with Crippen molar-refractivity contribution in [2.45, 2.75) is 18.8 Å². The molecule has 0 aliphatic heterocycles. The fraction of sp³-hybridized carbons (Fsp3) is 0.571. The zero-order valence-corrected chi connectivity index (χ0v) is 11.9. The molecule has 0 spiro atoms.